The number of carbonyl (C=O) groups is 1. The molecule has 2 aromatic rings. The number of halogens is 3. The molecule has 1 aliphatic heterocycles. The van der Waals surface area contributed by atoms with Gasteiger partial charge in [-0.25, -0.2) is 0 Å². The second-order valence-electron chi connectivity index (χ2n) is 6.04. The van der Waals surface area contributed by atoms with Crippen LogP contribution in [0.2, 0.25) is 0 Å². The topological polar surface area (TPSA) is 59.2 Å². The zero-order valence-electron chi connectivity index (χ0n) is 13.5. The molecule has 3 rings (SSSR count). The zero-order valence-corrected chi connectivity index (χ0v) is 13.5. The molecule has 0 spiro atoms. The van der Waals surface area contributed by atoms with Crippen molar-refractivity contribution >= 4 is 5.91 Å². The van der Waals surface area contributed by atoms with E-state index in [-0.39, 0.29) is 12.4 Å². The Hall–Kier alpha value is -2.38. The molecule has 1 fully saturated rings. The molecule has 1 aliphatic rings. The van der Waals surface area contributed by atoms with Crippen LogP contribution in [0.25, 0.3) is 0 Å². The number of hydrogen-bond donors (Lipinski definition) is 0. The van der Waals surface area contributed by atoms with E-state index in [4.69, 9.17) is 4.52 Å². The highest BCUT2D eigenvalue weighted by Gasteiger charge is 2.47. The Kier molecular flexibility index (Phi) is 5.06. The predicted octanol–water partition coefficient (Wildman–Crippen LogP) is 3.47. The Labute approximate surface area is 142 Å². The van der Waals surface area contributed by atoms with E-state index < -0.39 is 18.1 Å². The van der Waals surface area contributed by atoms with Crippen LogP contribution in [-0.4, -0.2) is 33.7 Å². The number of alkyl halides is 3. The molecule has 0 radical (unpaired) electrons. The minimum Gasteiger partial charge on any atom is -0.337 e. The molecule has 0 aliphatic carbocycles. The molecule has 1 unspecified atom stereocenters. The number of likely N-dealkylation sites (tertiary alicyclic amines) is 1. The highest BCUT2D eigenvalue weighted by molar-refractivity contribution is 5.82. The van der Waals surface area contributed by atoms with Crippen molar-refractivity contribution < 1.29 is 22.5 Å². The number of carbonyl (C=O) groups excluding carboxylic acids is 1. The number of hydrogen-bond acceptors (Lipinski definition) is 4. The summed E-state index contributed by atoms with van der Waals surface area (Å²) in [7, 11) is 0. The Morgan fingerprint density at radius 1 is 1.24 bits per heavy atom. The zero-order chi connectivity index (χ0) is 17.9. The highest BCUT2D eigenvalue weighted by atomic mass is 19.4. The summed E-state index contributed by atoms with van der Waals surface area (Å²) < 4.78 is 43.1. The van der Waals surface area contributed by atoms with Gasteiger partial charge in [0.1, 0.15) is 6.04 Å². The van der Waals surface area contributed by atoms with E-state index in [0.29, 0.717) is 25.1 Å². The van der Waals surface area contributed by atoms with Gasteiger partial charge in [-0.05, 0) is 31.2 Å². The van der Waals surface area contributed by atoms with E-state index in [9.17, 15) is 18.0 Å². The Morgan fingerprint density at radius 3 is 2.72 bits per heavy atom. The lowest BCUT2D eigenvalue weighted by atomic mass is 10.1. The van der Waals surface area contributed by atoms with Crippen molar-refractivity contribution in [2.24, 2.45) is 0 Å². The van der Waals surface area contributed by atoms with E-state index in [0.717, 1.165) is 17.7 Å². The predicted molar refractivity (Wildman–Crippen MR) is 82.5 cm³/mol. The van der Waals surface area contributed by atoms with Gasteiger partial charge in [0.05, 0.1) is 0 Å². The maximum absolute atomic E-state index is 12.7. The van der Waals surface area contributed by atoms with Gasteiger partial charge >= 0.3 is 12.1 Å². The number of benzene rings is 1. The molecule has 0 bridgehead atoms. The van der Waals surface area contributed by atoms with Crippen molar-refractivity contribution in [2.45, 2.75) is 44.3 Å². The van der Waals surface area contributed by atoms with E-state index in [1.54, 1.807) is 0 Å². The minimum atomic E-state index is -4.89. The van der Waals surface area contributed by atoms with Crippen LogP contribution in [-0.2, 0) is 17.6 Å². The molecule has 1 amide bonds. The molecular formula is C17H18F3N3O2. The molecule has 1 aromatic carbocycles. The molecule has 25 heavy (non-hydrogen) atoms. The first-order valence-corrected chi connectivity index (χ1v) is 8.19. The molecule has 134 valence electrons. The lowest BCUT2D eigenvalue weighted by Crippen LogP contribution is -2.40. The summed E-state index contributed by atoms with van der Waals surface area (Å²) in [5, 5.41) is 3.84. The largest absolute Gasteiger partial charge is 0.471 e. The van der Waals surface area contributed by atoms with Gasteiger partial charge in [0.15, 0.2) is 5.82 Å². The third-order valence-corrected chi connectivity index (χ3v) is 4.23. The van der Waals surface area contributed by atoms with E-state index in [1.165, 1.54) is 5.56 Å². The molecular weight excluding hydrogens is 335 g/mol. The summed E-state index contributed by atoms with van der Waals surface area (Å²) in [6, 6.07) is 9.15. The average molecular weight is 353 g/mol. The SMILES string of the molecule is O=C(N1CCCC1c1nc(CCCc2ccccc2)no1)C(F)(F)F. The van der Waals surface area contributed by atoms with Crippen LogP contribution in [0.5, 0.6) is 0 Å². The van der Waals surface area contributed by atoms with E-state index in [2.05, 4.69) is 10.1 Å². The van der Waals surface area contributed by atoms with Gasteiger partial charge in [0.2, 0.25) is 5.89 Å². The van der Waals surface area contributed by atoms with Crippen LogP contribution < -0.4 is 0 Å². The van der Waals surface area contributed by atoms with E-state index >= 15 is 0 Å². The fourth-order valence-electron chi connectivity index (χ4n) is 3.03. The van der Waals surface area contributed by atoms with Crippen molar-refractivity contribution in [2.75, 3.05) is 6.54 Å². The molecule has 0 N–H and O–H groups in total. The van der Waals surface area contributed by atoms with Crippen molar-refractivity contribution in [3.05, 3.63) is 47.6 Å². The molecule has 0 saturated carbocycles. The lowest BCUT2D eigenvalue weighted by Gasteiger charge is -2.22. The van der Waals surface area contributed by atoms with Crippen molar-refractivity contribution in [1.29, 1.82) is 0 Å². The standard InChI is InChI=1S/C17H18F3N3O2/c18-17(19,20)16(24)23-11-5-9-13(23)15-21-14(22-25-15)10-4-8-12-6-2-1-3-7-12/h1-3,6-7,13H,4-5,8-11H2. The van der Waals surface area contributed by atoms with Crippen LogP contribution in [0.1, 0.15) is 42.6 Å². The first-order chi connectivity index (χ1) is 11.9. The summed E-state index contributed by atoms with van der Waals surface area (Å²) >= 11 is 0. The fraction of sp³-hybridized carbons (Fsp3) is 0.471. The molecule has 8 heteroatoms. The number of amides is 1. The summed E-state index contributed by atoms with van der Waals surface area (Å²) in [5.41, 5.74) is 1.20. The number of nitrogens with zero attached hydrogens (tertiary/aromatic N) is 3. The Balaban J connectivity index is 1.60. The van der Waals surface area contributed by atoms with Gasteiger partial charge in [-0.2, -0.15) is 18.2 Å². The number of aromatic nitrogens is 2. The fourth-order valence-corrected chi connectivity index (χ4v) is 3.03. The summed E-state index contributed by atoms with van der Waals surface area (Å²) in [4.78, 5) is 16.5. The smallest absolute Gasteiger partial charge is 0.337 e. The number of aryl methyl sites for hydroxylation is 2. The molecule has 1 atom stereocenters. The molecule has 1 aromatic heterocycles. The maximum atomic E-state index is 12.7. The van der Waals surface area contributed by atoms with Crippen molar-refractivity contribution in [3.8, 4) is 0 Å². The van der Waals surface area contributed by atoms with Crippen LogP contribution in [0, 0.1) is 0 Å². The third-order valence-electron chi connectivity index (χ3n) is 4.23. The van der Waals surface area contributed by atoms with Gasteiger partial charge in [0.25, 0.3) is 0 Å². The quantitative estimate of drug-likeness (QED) is 0.826. The third kappa shape index (κ3) is 4.18. The van der Waals surface area contributed by atoms with Crippen LogP contribution in [0.15, 0.2) is 34.9 Å². The lowest BCUT2D eigenvalue weighted by molar-refractivity contribution is -0.186. The minimum absolute atomic E-state index is 0.0503. The Bertz CT molecular complexity index is 715. The summed E-state index contributed by atoms with van der Waals surface area (Å²) in [5.74, 6) is -1.30. The van der Waals surface area contributed by atoms with Gasteiger partial charge in [0, 0.05) is 13.0 Å². The average Bonchev–Trinajstić information content (AvgIpc) is 3.23. The normalized spacial score (nSPS) is 17.9. The molecule has 2 heterocycles. The van der Waals surface area contributed by atoms with Gasteiger partial charge < -0.3 is 9.42 Å². The van der Waals surface area contributed by atoms with Crippen LogP contribution >= 0.6 is 0 Å². The molecule has 1 saturated heterocycles. The van der Waals surface area contributed by atoms with Crippen LogP contribution in [0.4, 0.5) is 13.2 Å². The second kappa shape index (κ2) is 7.25. The van der Waals surface area contributed by atoms with Crippen molar-refractivity contribution in [1.82, 2.24) is 15.0 Å². The number of rotatable bonds is 5. The maximum Gasteiger partial charge on any atom is 0.471 e. The van der Waals surface area contributed by atoms with Crippen molar-refractivity contribution in [3.63, 3.8) is 0 Å². The van der Waals surface area contributed by atoms with Crippen LogP contribution in [0.3, 0.4) is 0 Å². The Morgan fingerprint density at radius 2 is 2.00 bits per heavy atom. The summed E-state index contributed by atoms with van der Waals surface area (Å²) in [6.07, 6.45) is -1.78. The second-order valence-corrected chi connectivity index (χ2v) is 6.04. The monoisotopic (exact) mass is 353 g/mol. The van der Waals surface area contributed by atoms with Gasteiger partial charge in [-0.3, -0.25) is 4.79 Å². The van der Waals surface area contributed by atoms with Gasteiger partial charge in [-0.1, -0.05) is 35.5 Å². The first kappa shape index (κ1) is 17.4. The summed E-state index contributed by atoms with van der Waals surface area (Å²) in [6.45, 7) is 0.0503. The highest BCUT2D eigenvalue weighted by Crippen LogP contribution is 2.34. The molecule has 5 nitrogen and oxygen atoms in total. The van der Waals surface area contributed by atoms with Gasteiger partial charge in [-0.15, -0.1) is 0 Å². The van der Waals surface area contributed by atoms with E-state index in [1.807, 2.05) is 30.3 Å². The first-order valence-electron chi connectivity index (χ1n) is 8.19.